The summed E-state index contributed by atoms with van der Waals surface area (Å²) in [5.74, 6) is 1.98. The van der Waals surface area contributed by atoms with Crippen LogP contribution in [0.25, 0.3) is 0 Å². The Morgan fingerprint density at radius 3 is 2.05 bits per heavy atom. The van der Waals surface area contributed by atoms with E-state index >= 15 is 0 Å². The summed E-state index contributed by atoms with van der Waals surface area (Å²) in [5, 5.41) is 13.5. The van der Waals surface area contributed by atoms with Crippen LogP contribution >= 0.6 is 0 Å². The molecule has 0 saturated heterocycles. The molecule has 1 rings (SSSR count). The van der Waals surface area contributed by atoms with Gasteiger partial charge in [-0.15, -0.1) is 0 Å². The van der Waals surface area contributed by atoms with Crippen molar-refractivity contribution in [2.24, 2.45) is 17.8 Å². The lowest BCUT2D eigenvalue weighted by Gasteiger charge is -2.18. The molecule has 0 aromatic heterocycles. The molecule has 2 nitrogen and oxygen atoms in total. The van der Waals surface area contributed by atoms with Gasteiger partial charge in [-0.1, -0.05) is 58.9 Å². The summed E-state index contributed by atoms with van der Waals surface area (Å²) in [5.41, 5.74) is 2.35. The summed E-state index contributed by atoms with van der Waals surface area (Å²) in [4.78, 5) is 0. The molecule has 2 unspecified atom stereocenters. The van der Waals surface area contributed by atoms with Gasteiger partial charge in [0.25, 0.3) is 0 Å². The van der Waals surface area contributed by atoms with Crippen molar-refractivity contribution in [1.82, 2.24) is 5.32 Å². The summed E-state index contributed by atoms with van der Waals surface area (Å²) in [7, 11) is 0. The van der Waals surface area contributed by atoms with Gasteiger partial charge in [0.15, 0.2) is 0 Å². The summed E-state index contributed by atoms with van der Waals surface area (Å²) >= 11 is 0. The van der Waals surface area contributed by atoms with Crippen LogP contribution in [0.15, 0.2) is 24.3 Å². The lowest BCUT2D eigenvalue weighted by Crippen LogP contribution is -2.28. The van der Waals surface area contributed by atoms with Crippen LogP contribution in [-0.4, -0.2) is 18.2 Å². The van der Waals surface area contributed by atoms with Crippen LogP contribution < -0.4 is 5.32 Å². The third-order valence-electron chi connectivity index (χ3n) is 3.95. The van der Waals surface area contributed by atoms with Crippen molar-refractivity contribution in [2.75, 3.05) is 13.1 Å². The van der Waals surface area contributed by atoms with Crippen LogP contribution in [0.5, 0.6) is 0 Å². The number of benzene rings is 1. The topological polar surface area (TPSA) is 32.3 Å². The zero-order valence-electron chi connectivity index (χ0n) is 13.7. The highest BCUT2D eigenvalue weighted by molar-refractivity contribution is 5.24. The van der Waals surface area contributed by atoms with E-state index in [1.165, 1.54) is 5.56 Å². The molecule has 0 radical (unpaired) electrons. The summed E-state index contributed by atoms with van der Waals surface area (Å²) in [6, 6.07) is 8.37. The van der Waals surface area contributed by atoms with Crippen LogP contribution in [0.1, 0.15) is 51.8 Å². The first-order chi connectivity index (χ1) is 9.40. The molecule has 20 heavy (non-hydrogen) atoms. The Morgan fingerprint density at radius 1 is 0.950 bits per heavy atom. The molecule has 0 bridgehead atoms. The van der Waals surface area contributed by atoms with E-state index in [2.05, 4.69) is 64.2 Å². The van der Waals surface area contributed by atoms with Crippen LogP contribution in [-0.2, 0) is 6.42 Å². The molecule has 0 aliphatic carbocycles. The second-order valence-corrected chi connectivity index (χ2v) is 6.73. The van der Waals surface area contributed by atoms with Gasteiger partial charge in [0, 0.05) is 6.54 Å². The van der Waals surface area contributed by atoms with Crippen molar-refractivity contribution in [3.05, 3.63) is 35.4 Å². The molecule has 0 heterocycles. The maximum atomic E-state index is 10.2. The van der Waals surface area contributed by atoms with E-state index in [-0.39, 0.29) is 0 Å². The van der Waals surface area contributed by atoms with E-state index in [0.717, 1.165) is 18.5 Å². The fraction of sp³-hybridized carbons (Fsp3) is 0.667. The summed E-state index contributed by atoms with van der Waals surface area (Å²) < 4.78 is 0. The van der Waals surface area contributed by atoms with Gasteiger partial charge in [0.1, 0.15) is 0 Å². The minimum atomic E-state index is -0.414. The molecule has 2 N–H and O–H groups in total. The van der Waals surface area contributed by atoms with Crippen LogP contribution in [0.3, 0.4) is 0 Å². The molecule has 2 atom stereocenters. The molecule has 0 fully saturated rings. The zero-order chi connectivity index (χ0) is 15.1. The maximum Gasteiger partial charge on any atom is 0.0914 e. The maximum absolute atomic E-state index is 10.2. The predicted octanol–water partition coefficient (Wildman–Crippen LogP) is 3.80. The third-order valence-corrected chi connectivity index (χ3v) is 3.95. The minimum Gasteiger partial charge on any atom is -0.387 e. The predicted molar refractivity (Wildman–Crippen MR) is 86.8 cm³/mol. The number of hydrogen-bond acceptors (Lipinski definition) is 2. The quantitative estimate of drug-likeness (QED) is 0.757. The van der Waals surface area contributed by atoms with Gasteiger partial charge < -0.3 is 10.4 Å². The van der Waals surface area contributed by atoms with Gasteiger partial charge in [-0.05, 0) is 41.8 Å². The van der Waals surface area contributed by atoms with Crippen molar-refractivity contribution in [1.29, 1.82) is 0 Å². The second kappa shape index (κ2) is 8.43. The minimum absolute atomic E-state index is 0.414. The first-order valence-corrected chi connectivity index (χ1v) is 7.87. The number of rotatable bonds is 8. The fourth-order valence-corrected chi connectivity index (χ4v) is 2.15. The van der Waals surface area contributed by atoms with Crippen molar-refractivity contribution >= 4 is 0 Å². The van der Waals surface area contributed by atoms with Crippen LogP contribution in [0, 0.1) is 17.8 Å². The molecule has 0 spiro atoms. The van der Waals surface area contributed by atoms with Gasteiger partial charge in [0.05, 0.1) is 6.10 Å². The van der Waals surface area contributed by atoms with Gasteiger partial charge in [-0.25, -0.2) is 0 Å². The zero-order valence-corrected chi connectivity index (χ0v) is 13.7. The van der Waals surface area contributed by atoms with Crippen LogP contribution in [0.4, 0.5) is 0 Å². The number of hydrogen-bond donors (Lipinski definition) is 2. The van der Waals surface area contributed by atoms with Crippen molar-refractivity contribution in [2.45, 2.75) is 47.1 Å². The smallest absolute Gasteiger partial charge is 0.0914 e. The van der Waals surface area contributed by atoms with Crippen molar-refractivity contribution < 1.29 is 5.11 Å². The number of aliphatic hydroxyl groups excluding tert-OH is 1. The molecular weight excluding hydrogens is 246 g/mol. The van der Waals surface area contributed by atoms with E-state index in [1.807, 2.05) is 0 Å². The van der Waals surface area contributed by atoms with E-state index in [9.17, 15) is 5.11 Å². The highest BCUT2D eigenvalue weighted by atomic mass is 16.3. The Labute approximate surface area is 124 Å². The average Bonchev–Trinajstić information content (AvgIpc) is 2.38. The molecule has 2 heteroatoms. The van der Waals surface area contributed by atoms with E-state index in [4.69, 9.17) is 0 Å². The normalized spacial score (nSPS) is 14.8. The molecule has 1 aromatic rings. The molecule has 114 valence electrons. The number of nitrogens with one attached hydrogen (secondary N) is 1. The van der Waals surface area contributed by atoms with Crippen molar-refractivity contribution in [3.63, 3.8) is 0 Å². The van der Waals surface area contributed by atoms with E-state index < -0.39 is 6.10 Å². The Kier molecular flexibility index (Phi) is 7.25. The van der Waals surface area contributed by atoms with Crippen molar-refractivity contribution in [3.8, 4) is 0 Å². The molecule has 0 aliphatic heterocycles. The van der Waals surface area contributed by atoms with Gasteiger partial charge >= 0.3 is 0 Å². The molecule has 1 aromatic carbocycles. The average molecular weight is 277 g/mol. The highest BCUT2D eigenvalue weighted by Crippen LogP contribution is 2.15. The van der Waals surface area contributed by atoms with Gasteiger partial charge in [-0.2, -0.15) is 0 Å². The number of aliphatic hydroxyl groups is 1. The monoisotopic (exact) mass is 277 g/mol. The third kappa shape index (κ3) is 6.06. The van der Waals surface area contributed by atoms with Gasteiger partial charge in [-0.3, -0.25) is 0 Å². The van der Waals surface area contributed by atoms with E-state index in [0.29, 0.717) is 24.3 Å². The van der Waals surface area contributed by atoms with E-state index in [1.54, 1.807) is 0 Å². The first-order valence-electron chi connectivity index (χ1n) is 7.87. The van der Waals surface area contributed by atoms with Crippen LogP contribution in [0.2, 0.25) is 0 Å². The largest absolute Gasteiger partial charge is 0.387 e. The molecular formula is C18H31NO. The first kappa shape index (κ1) is 17.2. The Morgan fingerprint density at radius 2 is 1.55 bits per heavy atom. The standard InChI is InChI=1S/C18H31NO/c1-13(2)10-16-6-8-17(9-7-16)18(20)12-19-11-15(5)14(3)4/h6-9,13-15,18-20H,10-12H2,1-5H3. The summed E-state index contributed by atoms with van der Waals surface area (Å²) in [6.45, 7) is 12.7. The molecule has 0 saturated carbocycles. The molecule has 0 amide bonds. The molecule has 0 aliphatic rings. The lowest BCUT2D eigenvalue weighted by atomic mass is 9.98. The highest BCUT2D eigenvalue weighted by Gasteiger charge is 2.10. The lowest BCUT2D eigenvalue weighted by molar-refractivity contribution is 0.171. The summed E-state index contributed by atoms with van der Waals surface area (Å²) in [6.07, 6.45) is 0.683. The Hall–Kier alpha value is -0.860. The van der Waals surface area contributed by atoms with Gasteiger partial charge in [0.2, 0.25) is 0 Å². The Balaban J connectivity index is 2.41. The SMILES string of the molecule is CC(C)Cc1ccc(C(O)CNCC(C)C(C)C)cc1. The fourth-order valence-electron chi connectivity index (χ4n) is 2.15. The second-order valence-electron chi connectivity index (χ2n) is 6.73. The Bertz CT molecular complexity index is 370.